The first-order valence-electron chi connectivity index (χ1n) is 5.02. The molecule has 0 bridgehead atoms. The van der Waals surface area contributed by atoms with Crippen LogP contribution in [-0.4, -0.2) is 32.1 Å². The van der Waals surface area contributed by atoms with Crippen LogP contribution in [0.2, 0.25) is 0 Å². The van der Waals surface area contributed by atoms with E-state index < -0.39 is 17.2 Å². The van der Waals surface area contributed by atoms with Crippen LogP contribution in [0.1, 0.15) is 12.8 Å². The molecule has 0 saturated carbocycles. The molecule has 1 unspecified atom stereocenters. The number of thioether (sulfide) groups is 1. The SMILES string of the molecule is O=C(O)C1(n2cccnc2=O)CCCSC1. The highest BCUT2D eigenvalue weighted by Crippen LogP contribution is 2.32. The highest BCUT2D eigenvalue weighted by atomic mass is 32.2. The van der Waals surface area contributed by atoms with Crippen molar-refractivity contribution in [3.8, 4) is 0 Å². The summed E-state index contributed by atoms with van der Waals surface area (Å²) in [5, 5.41) is 9.37. The zero-order valence-electron chi connectivity index (χ0n) is 8.63. The summed E-state index contributed by atoms with van der Waals surface area (Å²) < 4.78 is 1.25. The van der Waals surface area contributed by atoms with Crippen LogP contribution in [0.3, 0.4) is 0 Å². The van der Waals surface area contributed by atoms with Crippen molar-refractivity contribution < 1.29 is 9.90 Å². The normalized spacial score (nSPS) is 25.2. The molecule has 1 fully saturated rings. The van der Waals surface area contributed by atoms with E-state index in [2.05, 4.69) is 4.98 Å². The average Bonchev–Trinajstić information content (AvgIpc) is 2.30. The Hall–Kier alpha value is -1.30. The second-order valence-corrected chi connectivity index (χ2v) is 4.87. The van der Waals surface area contributed by atoms with Crippen molar-refractivity contribution in [1.29, 1.82) is 0 Å². The van der Waals surface area contributed by atoms with E-state index in [-0.39, 0.29) is 0 Å². The van der Waals surface area contributed by atoms with E-state index in [4.69, 9.17) is 0 Å². The highest BCUT2D eigenvalue weighted by Gasteiger charge is 2.42. The van der Waals surface area contributed by atoms with Crippen LogP contribution < -0.4 is 5.69 Å². The Labute approximate surface area is 96.5 Å². The van der Waals surface area contributed by atoms with Gasteiger partial charge in [-0.1, -0.05) is 0 Å². The first-order valence-corrected chi connectivity index (χ1v) is 6.17. The minimum Gasteiger partial charge on any atom is -0.479 e. The lowest BCUT2D eigenvalue weighted by molar-refractivity contribution is -0.147. The van der Waals surface area contributed by atoms with Gasteiger partial charge in [-0.2, -0.15) is 11.8 Å². The number of carboxylic acid groups (broad SMARTS) is 1. The fraction of sp³-hybridized carbons (Fsp3) is 0.500. The maximum Gasteiger partial charge on any atom is 0.348 e. The number of aromatic nitrogens is 2. The lowest BCUT2D eigenvalue weighted by Gasteiger charge is -2.33. The van der Waals surface area contributed by atoms with Crippen molar-refractivity contribution in [2.24, 2.45) is 0 Å². The van der Waals surface area contributed by atoms with Gasteiger partial charge in [-0.3, -0.25) is 4.57 Å². The second kappa shape index (κ2) is 4.29. The summed E-state index contributed by atoms with van der Waals surface area (Å²) in [6.07, 6.45) is 4.18. The number of hydrogen-bond acceptors (Lipinski definition) is 4. The summed E-state index contributed by atoms with van der Waals surface area (Å²) in [6.45, 7) is 0. The molecule has 0 amide bonds. The van der Waals surface area contributed by atoms with Gasteiger partial charge in [-0.05, 0) is 24.7 Å². The molecular weight excluding hydrogens is 228 g/mol. The summed E-state index contributed by atoms with van der Waals surface area (Å²) in [4.78, 5) is 26.7. The quantitative estimate of drug-likeness (QED) is 0.817. The van der Waals surface area contributed by atoms with Gasteiger partial charge in [-0.25, -0.2) is 14.6 Å². The Bertz CT molecular complexity index is 451. The van der Waals surface area contributed by atoms with Gasteiger partial charge in [-0.15, -0.1) is 0 Å². The smallest absolute Gasteiger partial charge is 0.348 e. The number of nitrogens with zero attached hydrogens (tertiary/aromatic N) is 2. The summed E-state index contributed by atoms with van der Waals surface area (Å²) >= 11 is 1.57. The van der Waals surface area contributed by atoms with Crippen molar-refractivity contribution in [3.63, 3.8) is 0 Å². The molecule has 2 heterocycles. The molecule has 16 heavy (non-hydrogen) atoms. The van der Waals surface area contributed by atoms with Crippen LogP contribution in [0, 0.1) is 0 Å². The third-order valence-electron chi connectivity index (χ3n) is 2.79. The summed E-state index contributed by atoms with van der Waals surface area (Å²) in [6, 6.07) is 1.59. The molecule has 1 aliphatic rings. The minimum absolute atomic E-state index is 0.425. The molecule has 6 heteroatoms. The molecule has 1 aromatic heterocycles. The van der Waals surface area contributed by atoms with Crippen LogP contribution in [0.25, 0.3) is 0 Å². The van der Waals surface area contributed by atoms with Gasteiger partial charge in [0.1, 0.15) is 0 Å². The molecule has 1 N–H and O–H groups in total. The number of carbonyl (C=O) groups is 1. The molecule has 1 aliphatic heterocycles. The third-order valence-corrected chi connectivity index (χ3v) is 4.05. The van der Waals surface area contributed by atoms with Crippen molar-refractivity contribution in [1.82, 2.24) is 9.55 Å². The number of rotatable bonds is 2. The van der Waals surface area contributed by atoms with E-state index in [0.29, 0.717) is 12.2 Å². The maximum atomic E-state index is 11.6. The van der Waals surface area contributed by atoms with Crippen LogP contribution in [-0.2, 0) is 10.3 Å². The Morgan fingerprint density at radius 1 is 1.62 bits per heavy atom. The van der Waals surface area contributed by atoms with Gasteiger partial charge in [0.15, 0.2) is 5.54 Å². The monoisotopic (exact) mass is 240 g/mol. The van der Waals surface area contributed by atoms with Crippen LogP contribution >= 0.6 is 11.8 Å². The topological polar surface area (TPSA) is 72.2 Å². The lowest BCUT2D eigenvalue weighted by atomic mass is 9.95. The van der Waals surface area contributed by atoms with E-state index in [9.17, 15) is 14.7 Å². The standard InChI is InChI=1S/C10H12N2O3S/c13-8(14)10(3-1-6-16-7-10)12-5-2-4-11-9(12)15/h2,4-5H,1,3,6-7H2,(H,13,14). The predicted molar refractivity (Wildman–Crippen MR) is 60.7 cm³/mol. The van der Waals surface area contributed by atoms with E-state index in [0.717, 1.165) is 12.2 Å². The number of aliphatic carboxylic acids is 1. The maximum absolute atomic E-state index is 11.6. The van der Waals surface area contributed by atoms with Crippen molar-refractivity contribution in [2.75, 3.05) is 11.5 Å². The first kappa shape index (κ1) is 11.2. The first-order chi connectivity index (χ1) is 7.67. The van der Waals surface area contributed by atoms with Crippen molar-refractivity contribution in [3.05, 3.63) is 28.9 Å². The van der Waals surface area contributed by atoms with Crippen LogP contribution in [0.5, 0.6) is 0 Å². The van der Waals surface area contributed by atoms with E-state index in [1.165, 1.54) is 17.0 Å². The van der Waals surface area contributed by atoms with Gasteiger partial charge in [0, 0.05) is 18.1 Å². The summed E-state index contributed by atoms with van der Waals surface area (Å²) in [7, 11) is 0. The summed E-state index contributed by atoms with van der Waals surface area (Å²) in [5.74, 6) is 0.424. The molecule has 0 spiro atoms. The second-order valence-electron chi connectivity index (χ2n) is 3.77. The molecular formula is C10H12N2O3S. The minimum atomic E-state index is -1.12. The van der Waals surface area contributed by atoms with Crippen molar-refractivity contribution >= 4 is 17.7 Å². The molecule has 1 aromatic rings. The highest BCUT2D eigenvalue weighted by molar-refractivity contribution is 7.99. The molecule has 0 aliphatic carbocycles. The third kappa shape index (κ3) is 1.73. The molecule has 5 nitrogen and oxygen atoms in total. The Morgan fingerprint density at radius 2 is 2.44 bits per heavy atom. The van der Waals surface area contributed by atoms with E-state index in [1.807, 2.05) is 0 Å². The van der Waals surface area contributed by atoms with Crippen LogP contribution in [0.4, 0.5) is 0 Å². The van der Waals surface area contributed by atoms with E-state index in [1.54, 1.807) is 17.8 Å². The summed E-state index contributed by atoms with van der Waals surface area (Å²) in [5.41, 5.74) is -1.61. The van der Waals surface area contributed by atoms with Crippen LogP contribution in [0.15, 0.2) is 23.3 Å². The largest absolute Gasteiger partial charge is 0.479 e. The van der Waals surface area contributed by atoms with Gasteiger partial charge < -0.3 is 5.11 Å². The Kier molecular flexibility index (Phi) is 3.00. The zero-order chi connectivity index (χ0) is 11.6. The number of hydrogen-bond donors (Lipinski definition) is 1. The Balaban J connectivity index is 2.51. The molecule has 2 rings (SSSR count). The van der Waals surface area contributed by atoms with Gasteiger partial charge >= 0.3 is 11.7 Å². The molecule has 86 valence electrons. The van der Waals surface area contributed by atoms with E-state index >= 15 is 0 Å². The Morgan fingerprint density at radius 3 is 3.00 bits per heavy atom. The lowest BCUT2D eigenvalue weighted by Crippen LogP contribution is -2.51. The fourth-order valence-corrected chi connectivity index (χ4v) is 3.16. The van der Waals surface area contributed by atoms with Gasteiger partial charge in [0.25, 0.3) is 0 Å². The average molecular weight is 240 g/mol. The van der Waals surface area contributed by atoms with Crippen molar-refractivity contribution in [2.45, 2.75) is 18.4 Å². The molecule has 0 radical (unpaired) electrons. The fourth-order valence-electron chi connectivity index (χ4n) is 1.92. The molecule has 1 saturated heterocycles. The predicted octanol–water partition coefficient (Wildman–Crippen LogP) is 0.550. The zero-order valence-corrected chi connectivity index (χ0v) is 9.44. The number of carboxylic acids is 1. The van der Waals surface area contributed by atoms with Gasteiger partial charge in [0.2, 0.25) is 0 Å². The molecule has 0 aromatic carbocycles. The molecule has 1 atom stereocenters. The van der Waals surface area contributed by atoms with Gasteiger partial charge in [0.05, 0.1) is 0 Å².